The van der Waals surface area contributed by atoms with E-state index in [9.17, 15) is 4.79 Å². The van der Waals surface area contributed by atoms with Crippen LogP contribution in [-0.2, 0) is 10.2 Å². The van der Waals surface area contributed by atoms with Crippen LogP contribution < -0.4 is 11.1 Å². The maximum Gasteiger partial charge on any atom is 0.322 e. The normalized spacial score (nSPS) is 14.4. The van der Waals surface area contributed by atoms with Crippen molar-refractivity contribution in [2.75, 3.05) is 17.6 Å². The summed E-state index contributed by atoms with van der Waals surface area (Å²) in [6.07, 6.45) is 9.55. The molecule has 4 heterocycles. The van der Waals surface area contributed by atoms with E-state index in [0.29, 0.717) is 23.1 Å². The molecule has 0 bridgehead atoms. The van der Waals surface area contributed by atoms with E-state index in [2.05, 4.69) is 35.4 Å². The number of rotatable bonds is 7. The number of aliphatic carboxylic acids is 1. The van der Waals surface area contributed by atoms with Gasteiger partial charge in [-0.05, 0) is 36.6 Å². The molecular weight excluding hydrogens is 424 g/mol. The molecule has 1 fully saturated rings. The first-order valence-corrected chi connectivity index (χ1v) is 10.3. The van der Waals surface area contributed by atoms with E-state index < -0.39 is 5.97 Å². The molecule has 11 nitrogen and oxygen atoms in total. The van der Waals surface area contributed by atoms with Crippen molar-refractivity contribution in [1.29, 1.82) is 0 Å². The SMILES string of the molecule is Nc1ncc(-c2ccc(C3(c4noc(-c5ccc(NCC(=O)O)nc5)n4)CCC3)cn2)cn1. The molecule has 0 unspecified atom stereocenters. The number of carbonyl (C=O) groups is 1. The Bertz CT molecular complexity index is 1270. The molecule has 0 atom stereocenters. The molecule has 4 N–H and O–H groups in total. The van der Waals surface area contributed by atoms with E-state index in [1.165, 1.54) is 0 Å². The van der Waals surface area contributed by atoms with E-state index in [1.807, 2.05) is 18.3 Å². The number of aromatic nitrogens is 6. The van der Waals surface area contributed by atoms with Crippen LogP contribution in [0.3, 0.4) is 0 Å². The minimum absolute atomic E-state index is 0.211. The van der Waals surface area contributed by atoms with Gasteiger partial charge in [-0.15, -0.1) is 0 Å². The fourth-order valence-corrected chi connectivity index (χ4v) is 3.82. The summed E-state index contributed by atoms with van der Waals surface area (Å²) in [5, 5.41) is 15.7. The minimum Gasteiger partial charge on any atom is -0.480 e. The number of nitrogens with two attached hydrogens (primary N) is 1. The lowest BCUT2D eigenvalue weighted by Gasteiger charge is -2.39. The number of nitrogens with one attached hydrogen (secondary N) is 1. The predicted octanol–water partition coefficient (Wildman–Crippen LogP) is 2.53. The maximum absolute atomic E-state index is 10.7. The molecule has 33 heavy (non-hydrogen) atoms. The van der Waals surface area contributed by atoms with Gasteiger partial charge in [0.25, 0.3) is 5.89 Å². The zero-order chi connectivity index (χ0) is 22.8. The van der Waals surface area contributed by atoms with E-state index >= 15 is 0 Å². The van der Waals surface area contributed by atoms with Crippen molar-refractivity contribution in [2.24, 2.45) is 0 Å². The van der Waals surface area contributed by atoms with Gasteiger partial charge in [-0.25, -0.2) is 15.0 Å². The molecule has 5 rings (SSSR count). The summed E-state index contributed by atoms with van der Waals surface area (Å²) < 4.78 is 5.53. The average Bonchev–Trinajstić information content (AvgIpc) is 3.29. The lowest BCUT2D eigenvalue weighted by molar-refractivity contribution is -0.134. The van der Waals surface area contributed by atoms with Gasteiger partial charge in [0.1, 0.15) is 12.4 Å². The Hall–Kier alpha value is -4.41. The van der Waals surface area contributed by atoms with Crippen molar-refractivity contribution >= 4 is 17.7 Å². The molecule has 1 saturated carbocycles. The molecule has 4 aromatic heterocycles. The van der Waals surface area contributed by atoms with Crippen LogP contribution in [0.25, 0.3) is 22.7 Å². The Morgan fingerprint density at radius 3 is 2.42 bits per heavy atom. The molecule has 0 spiro atoms. The molecule has 11 heteroatoms. The zero-order valence-corrected chi connectivity index (χ0v) is 17.5. The molecule has 0 amide bonds. The number of nitrogens with zero attached hydrogens (tertiary/aromatic N) is 6. The zero-order valence-electron chi connectivity index (χ0n) is 17.5. The Kier molecular flexibility index (Phi) is 5.13. The van der Waals surface area contributed by atoms with Crippen molar-refractivity contribution < 1.29 is 14.4 Å². The number of carboxylic acid groups (broad SMARTS) is 1. The second-order valence-electron chi connectivity index (χ2n) is 7.80. The second kappa shape index (κ2) is 8.26. The first-order chi connectivity index (χ1) is 16.0. The van der Waals surface area contributed by atoms with Crippen LogP contribution in [0.2, 0.25) is 0 Å². The highest BCUT2D eigenvalue weighted by atomic mass is 16.5. The van der Waals surface area contributed by atoms with Crippen molar-refractivity contribution in [3.8, 4) is 22.7 Å². The molecule has 0 aliphatic heterocycles. The van der Waals surface area contributed by atoms with Gasteiger partial charge in [0, 0.05) is 30.4 Å². The van der Waals surface area contributed by atoms with Gasteiger partial charge in [-0.1, -0.05) is 17.6 Å². The molecule has 166 valence electrons. The number of hydrogen-bond donors (Lipinski definition) is 3. The van der Waals surface area contributed by atoms with Crippen LogP contribution in [0, 0.1) is 0 Å². The van der Waals surface area contributed by atoms with Gasteiger partial charge in [-0.2, -0.15) is 4.98 Å². The Morgan fingerprint density at radius 1 is 1.03 bits per heavy atom. The van der Waals surface area contributed by atoms with Gasteiger partial charge >= 0.3 is 5.97 Å². The highest BCUT2D eigenvalue weighted by molar-refractivity contribution is 5.72. The summed E-state index contributed by atoms with van der Waals surface area (Å²) in [6, 6.07) is 7.38. The van der Waals surface area contributed by atoms with Crippen LogP contribution in [0.4, 0.5) is 11.8 Å². The van der Waals surface area contributed by atoms with Crippen molar-refractivity contribution in [2.45, 2.75) is 24.7 Å². The van der Waals surface area contributed by atoms with Crippen LogP contribution in [-0.4, -0.2) is 47.7 Å². The molecule has 0 saturated heterocycles. The molecule has 0 radical (unpaired) electrons. The van der Waals surface area contributed by atoms with Gasteiger partial charge in [0.15, 0.2) is 5.82 Å². The van der Waals surface area contributed by atoms with Crippen molar-refractivity contribution in [3.05, 3.63) is 60.4 Å². The lowest BCUT2D eigenvalue weighted by atomic mass is 9.64. The second-order valence-corrected chi connectivity index (χ2v) is 7.80. The quantitative estimate of drug-likeness (QED) is 0.383. The fourth-order valence-electron chi connectivity index (χ4n) is 3.82. The third kappa shape index (κ3) is 3.95. The van der Waals surface area contributed by atoms with E-state index in [1.54, 1.807) is 30.7 Å². The summed E-state index contributed by atoms with van der Waals surface area (Å²) >= 11 is 0. The van der Waals surface area contributed by atoms with Gasteiger partial charge in [-0.3, -0.25) is 9.78 Å². The summed E-state index contributed by atoms with van der Waals surface area (Å²) in [6.45, 7) is -0.211. The first kappa shape index (κ1) is 20.5. The van der Waals surface area contributed by atoms with E-state index in [-0.39, 0.29) is 17.9 Å². The highest BCUT2D eigenvalue weighted by Gasteiger charge is 2.44. The van der Waals surface area contributed by atoms with Crippen LogP contribution in [0.15, 0.2) is 53.6 Å². The Balaban J connectivity index is 1.37. The molecule has 1 aliphatic rings. The first-order valence-electron chi connectivity index (χ1n) is 10.3. The van der Waals surface area contributed by atoms with Gasteiger partial charge in [0.2, 0.25) is 5.95 Å². The monoisotopic (exact) mass is 444 g/mol. The summed E-state index contributed by atoms with van der Waals surface area (Å²) in [5.74, 6) is 0.684. The minimum atomic E-state index is -0.961. The molecular formula is C22H20N8O3. The number of carboxylic acids is 1. The number of nitrogen functional groups attached to an aromatic ring is 1. The summed E-state index contributed by atoms with van der Waals surface area (Å²) in [7, 11) is 0. The smallest absolute Gasteiger partial charge is 0.322 e. The third-order valence-electron chi connectivity index (χ3n) is 5.78. The van der Waals surface area contributed by atoms with Gasteiger partial charge < -0.3 is 20.7 Å². The summed E-state index contributed by atoms with van der Waals surface area (Å²) in [4.78, 5) is 32.2. The Labute approximate surface area is 188 Å². The van der Waals surface area contributed by atoms with E-state index in [4.69, 9.17) is 15.4 Å². The predicted molar refractivity (Wildman–Crippen MR) is 118 cm³/mol. The van der Waals surface area contributed by atoms with Crippen molar-refractivity contribution in [3.63, 3.8) is 0 Å². The largest absolute Gasteiger partial charge is 0.480 e. The van der Waals surface area contributed by atoms with Crippen LogP contribution in [0.5, 0.6) is 0 Å². The number of hydrogen-bond acceptors (Lipinski definition) is 10. The number of pyridine rings is 2. The standard InChI is InChI=1S/C22H20N8O3/c23-21-27-9-14(10-28-21)16-4-3-15(11-24-16)22(6-1-7-22)20-29-19(33-30-20)13-2-5-17(25-8-13)26-12-18(31)32/h2-5,8-11H,1,6-7,12H2,(H,25,26)(H,31,32)(H2,23,27,28). The highest BCUT2D eigenvalue weighted by Crippen LogP contribution is 2.48. The van der Waals surface area contributed by atoms with Crippen LogP contribution >= 0.6 is 0 Å². The Morgan fingerprint density at radius 2 is 1.82 bits per heavy atom. The third-order valence-corrected chi connectivity index (χ3v) is 5.78. The molecule has 1 aliphatic carbocycles. The van der Waals surface area contributed by atoms with E-state index in [0.717, 1.165) is 36.1 Å². The fraction of sp³-hybridized carbons (Fsp3) is 0.227. The average molecular weight is 444 g/mol. The lowest BCUT2D eigenvalue weighted by Crippen LogP contribution is -2.36. The summed E-state index contributed by atoms with van der Waals surface area (Å²) in [5.41, 5.74) is 8.43. The topological polar surface area (TPSA) is 166 Å². The molecule has 0 aromatic carbocycles. The maximum atomic E-state index is 10.7. The van der Waals surface area contributed by atoms with Gasteiger partial charge in [0.05, 0.1) is 16.7 Å². The number of anilines is 2. The van der Waals surface area contributed by atoms with Crippen LogP contribution in [0.1, 0.15) is 30.7 Å². The molecule has 4 aromatic rings. The van der Waals surface area contributed by atoms with Crippen molar-refractivity contribution in [1.82, 2.24) is 30.1 Å².